The van der Waals surface area contributed by atoms with Crippen LogP contribution in [0.3, 0.4) is 0 Å². The number of carbonyl (C=O) groups is 2. The van der Waals surface area contributed by atoms with Gasteiger partial charge in [-0.1, -0.05) is 29.8 Å². The van der Waals surface area contributed by atoms with Crippen LogP contribution >= 0.6 is 11.6 Å². The van der Waals surface area contributed by atoms with Gasteiger partial charge in [-0.3, -0.25) is 4.79 Å². The number of para-hydroxylation sites is 1. The summed E-state index contributed by atoms with van der Waals surface area (Å²) in [5.74, 6) is -0.479. The Balaban J connectivity index is 1.42. The Morgan fingerprint density at radius 3 is 2.83 bits per heavy atom. The summed E-state index contributed by atoms with van der Waals surface area (Å²) in [5, 5.41) is 12.8. The van der Waals surface area contributed by atoms with Crippen LogP contribution < -0.4 is 5.32 Å². The maximum absolute atomic E-state index is 13.2. The molecule has 2 heterocycles. The van der Waals surface area contributed by atoms with Crippen molar-refractivity contribution in [3.05, 3.63) is 94.0 Å². The van der Waals surface area contributed by atoms with Gasteiger partial charge in [0.05, 0.1) is 34.3 Å². The first kappa shape index (κ1) is 22.4. The summed E-state index contributed by atoms with van der Waals surface area (Å²) >= 11 is 5.97. The van der Waals surface area contributed by atoms with Gasteiger partial charge in [-0.15, -0.1) is 0 Å². The summed E-state index contributed by atoms with van der Waals surface area (Å²) in [5.41, 5.74) is 4.06. The number of ether oxygens (including phenoxy) is 1. The first-order valence-electron chi connectivity index (χ1n) is 10.9. The maximum atomic E-state index is 13.2. The fraction of sp³-hybridized carbons (Fsp3) is 0.111. The smallest absolute Gasteiger partial charge is 0.339 e. The van der Waals surface area contributed by atoms with E-state index in [9.17, 15) is 14.9 Å². The van der Waals surface area contributed by atoms with E-state index in [0.717, 1.165) is 16.8 Å². The van der Waals surface area contributed by atoms with Crippen molar-refractivity contribution in [1.82, 2.24) is 4.98 Å². The first-order valence-corrected chi connectivity index (χ1v) is 11.2. The van der Waals surface area contributed by atoms with Crippen molar-refractivity contribution in [3.63, 3.8) is 0 Å². The molecule has 1 N–H and O–H groups in total. The van der Waals surface area contributed by atoms with E-state index in [2.05, 4.69) is 5.32 Å². The lowest BCUT2D eigenvalue weighted by Gasteiger charge is -2.13. The highest BCUT2D eigenvalue weighted by atomic mass is 35.5. The second kappa shape index (κ2) is 9.45. The number of pyridine rings is 1. The number of allylic oxidation sites excluding steroid dienone is 1. The summed E-state index contributed by atoms with van der Waals surface area (Å²) in [6.07, 6.45) is 4.84. The summed E-state index contributed by atoms with van der Waals surface area (Å²) in [6.45, 7) is -0.517. The molecule has 0 atom stereocenters. The van der Waals surface area contributed by atoms with E-state index in [4.69, 9.17) is 25.7 Å². The Morgan fingerprint density at radius 1 is 1.17 bits per heavy atom. The number of esters is 1. The molecular formula is C27H18ClN3O4. The summed E-state index contributed by atoms with van der Waals surface area (Å²) < 4.78 is 10.9. The Bertz CT molecular complexity index is 1530. The third kappa shape index (κ3) is 4.52. The number of hydrogen-bond donors (Lipinski definition) is 1. The van der Waals surface area contributed by atoms with Crippen LogP contribution in [0.1, 0.15) is 39.4 Å². The topological polar surface area (TPSA) is 105 Å². The molecule has 35 heavy (non-hydrogen) atoms. The number of rotatable bonds is 5. The highest BCUT2D eigenvalue weighted by molar-refractivity contribution is 6.31. The molecule has 1 aliphatic rings. The van der Waals surface area contributed by atoms with Crippen molar-refractivity contribution in [1.29, 1.82) is 5.26 Å². The Kier molecular flexibility index (Phi) is 6.04. The van der Waals surface area contributed by atoms with Gasteiger partial charge in [0.25, 0.3) is 5.91 Å². The molecule has 1 amide bonds. The molecule has 0 unspecified atom stereocenters. The van der Waals surface area contributed by atoms with E-state index < -0.39 is 18.5 Å². The molecule has 172 valence electrons. The second-order valence-electron chi connectivity index (χ2n) is 7.94. The standard InChI is InChI=1S/C27H18ClN3O4/c28-18-9-7-17(14-29)23(13-18)30-24(32)15-35-27(33)25-20-5-1-2-6-22(20)31-26-16(8-10-21(25)26)12-19-4-3-11-34-19/h1-7,9,11-13H,8,10,15H2,(H,30,32). The number of fused-ring (bicyclic) bond motifs is 2. The van der Waals surface area contributed by atoms with Crippen LogP contribution in [0.5, 0.6) is 0 Å². The normalized spacial score (nSPS) is 13.4. The monoisotopic (exact) mass is 483 g/mol. The van der Waals surface area contributed by atoms with Crippen molar-refractivity contribution < 1.29 is 18.7 Å². The van der Waals surface area contributed by atoms with Gasteiger partial charge >= 0.3 is 5.97 Å². The van der Waals surface area contributed by atoms with E-state index >= 15 is 0 Å². The minimum Gasteiger partial charge on any atom is -0.465 e. The molecular weight excluding hydrogens is 466 g/mol. The van der Waals surface area contributed by atoms with E-state index in [1.165, 1.54) is 12.1 Å². The maximum Gasteiger partial charge on any atom is 0.339 e. The SMILES string of the molecule is N#Cc1ccc(Cl)cc1NC(=O)COC(=O)c1c2c(nc3ccccc13)C(=Cc1ccco1)CC2. The number of halogens is 1. The zero-order valence-electron chi connectivity index (χ0n) is 18.4. The zero-order valence-corrected chi connectivity index (χ0v) is 19.1. The lowest BCUT2D eigenvalue weighted by atomic mass is 10.0. The molecule has 0 fully saturated rings. The molecule has 5 rings (SSSR count). The number of carbonyl (C=O) groups excluding carboxylic acids is 2. The molecule has 0 aliphatic heterocycles. The van der Waals surface area contributed by atoms with Gasteiger partial charge in [-0.2, -0.15) is 5.26 Å². The minimum atomic E-state index is -0.610. The lowest BCUT2D eigenvalue weighted by Crippen LogP contribution is -2.22. The fourth-order valence-corrected chi connectivity index (χ4v) is 4.34. The van der Waals surface area contributed by atoms with Crippen LogP contribution in [0.25, 0.3) is 22.6 Å². The van der Waals surface area contributed by atoms with Crippen molar-refractivity contribution >= 4 is 51.7 Å². The number of nitriles is 1. The number of furan rings is 1. The van der Waals surface area contributed by atoms with Gasteiger partial charge in [0.15, 0.2) is 6.61 Å². The van der Waals surface area contributed by atoms with Crippen LogP contribution in [-0.4, -0.2) is 23.5 Å². The van der Waals surface area contributed by atoms with Gasteiger partial charge in [-0.05, 0) is 66.5 Å². The van der Waals surface area contributed by atoms with Gasteiger partial charge in [-0.25, -0.2) is 9.78 Å². The number of benzene rings is 2. The van der Waals surface area contributed by atoms with Crippen LogP contribution in [0.4, 0.5) is 5.69 Å². The summed E-state index contributed by atoms with van der Waals surface area (Å²) in [4.78, 5) is 30.5. The molecule has 0 bridgehead atoms. The largest absolute Gasteiger partial charge is 0.465 e. The fourth-order valence-electron chi connectivity index (χ4n) is 4.16. The third-order valence-electron chi connectivity index (χ3n) is 5.72. The number of anilines is 1. The Morgan fingerprint density at radius 2 is 2.03 bits per heavy atom. The van der Waals surface area contributed by atoms with Crippen LogP contribution in [0, 0.1) is 11.3 Å². The van der Waals surface area contributed by atoms with Crippen LogP contribution in [-0.2, 0) is 16.0 Å². The average Bonchev–Trinajstić information content (AvgIpc) is 3.52. The number of aromatic nitrogens is 1. The molecule has 7 nitrogen and oxygen atoms in total. The van der Waals surface area contributed by atoms with Crippen molar-refractivity contribution in [2.24, 2.45) is 0 Å². The van der Waals surface area contributed by atoms with Gasteiger partial charge in [0, 0.05) is 10.4 Å². The second-order valence-corrected chi connectivity index (χ2v) is 8.38. The number of amides is 1. The quantitative estimate of drug-likeness (QED) is 0.368. The van der Waals surface area contributed by atoms with Crippen molar-refractivity contribution in [2.45, 2.75) is 12.8 Å². The summed E-state index contributed by atoms with van der Waals surface area (Å²) in [6, 6.07) is 17.5. The number of nitrogens with zero attached hydrogens (tertiary/aromatic N) is 2. The first-order chi connectivity index (χ1) is 17.0. The minimum absolute atomic E-state index is 0.253. The van der Waals surface area contributed by atoms with E-state index in [-0.39, 0.29) is 11.3 Å². The molecule has 0 spiro atoms. The van der Waals surface area contributed by atoms with E-state index in [0.29, 0.717) is 40.1 Å². The van der Waals surface area contributed by atoms with Crippen LogP contribution in [0.15, 0.2) is 65.3 Å². The lowest BCUT2D eigenvalue weighted by molar-refractivity contribution is -0.119. The molecule has 0 saturated carbocycles. The average molecular weight is 484 g/mol. The highest BCUT2D eigenvalue weighted by Crippen LogP contribution is 2.37. The van der Waals surface area contributed by atoms with E-state index in [1.54, 1.807) is 12.3 Å². The highest BCUT2D eigenvalue weighted by Gasteiger charge is 2.28. The number of hydrogen-bond acceptors (Lipinski definition) is 6. The predicted molar refractivity (Wildman–Crippen MR) is 132 cm³/mol. The van der Waals surface area contributed by atoms with Gasteiger partial charge < -0.3 is 14.5 Å². The molecule has 2 aromatic heterocycles. The van der Waals surface area contributed by atoms with Crippen LogP contribution in [0.2, 0.25) is 5.02 Å². The van der Waals surface area contributed by atoms with Crippen molar-refractivity contribution in [2.75, 3.05) is 11.9 Å². The Labute approximate surface area is 205 Å². The molecule has 1 aliphatic carbocycles. The molecule has 4 aromatic rings. The third-order valence-corrected chi connectivity index (χ3v) is 5.95. The molecule has 0 saturated heterocycles. The van der Waals surface area contributed by atoms with Gasteiger partial charge in [0.2, 0.25) is 0 Å². The van der Waals surface area contributed by atoms with Gasteiger partial charge in [0.1, 0.15) is 11.8 Å². The zero-order chi connectivity index (χ0) is 24.4. The predicted octanol–water partition coefficient (Wildman–Crippen LogP) is 5.64. The molecule has 2 aromatic carbocycles. The molecule has 8 heteroatoms. The molecule has 0 radical (unpaired) electrons. The van der Waals surface area contributed by atoms with E-state index in [1.807, 2.05) is 48.5 Å². The number of nitrogens with one attached hydrogen (secondary N) is 1. The summed E-state index contributed by atoms with van der Waals surface area (Å²) in [7, 11) is 0. The Hall–Kier alpha value is -4.41. The van der Waals surface area contributed by atoms with Crippen molar-refractivity contribution in [3.8, 4) is 6.07 Å².